The second-order valence-electron chi connectivity index (χ2n) is 1.59. The number of carbonyl (C=O) groups is 1. The van der Waals surface area contributed by atoms with E-state index < -0.39 is 0 Å². The minimum Gasteiger partial charge on any atom is -0.390 e. The highest BCUT2D eigenvalue weighted by molar-refractivity contribution is 6.18. The zero-order chi connectivity index (χ0) is 7.11. The van der Waals surface area contributed by atoms with Crippen LogP contribution in [0, 0.1) is 0 Å². The summed E-state index contributed by atoms with van der Waals surface area (Å²) in [6.45, 7) is 2.20. The maximum Gasteiger partial charge on any atom is 0.154 e. The average Bonchev–Trinajstić information content (AvgIpc) is 1.80. The van der Waals surface area contributed by atoms with E-state index in [2.05, 4.69) is 5.32 Å². The molecule has 9 heavy (non-hydrogen) atoms. The number of rotatable bonds is 4. The molecule has 0 aliphatic heterocycles. The second-order valence-corrected chi connectivity index (χ2v) is 1.97. The molecule has 2 nitrogen and oxygen atoms in total. The first kappa shape index (κ1) is 8.50. The quantitative estimate of drug-likeness (QED) is 0.364. The van der Waals surface area contributed by atoms with Crippen LogP contribution in [-0.2, 0) is 4.79 Å². The van der Waals surface area contributed by atoms with Gasteiger partial charge < -0.3 is 5.32 Å². The predicted octanol–water partition coefficient (Wildman–Crippen LogP) is 0.917. The molecule has 0 fully saturated rings. The maximum absolute atomic E-state index is 10.2. The number of ketones is 1. The van der Waals surface area contributed by atoms with Crippen LogP contribution in [0.15, 0.2) is 12.3 Å². The van der Waals surface area contributed by atoms with Gasteiger partial charge >= 0.3 is 0 Å². The van der Waals surface area contributed by atoms with Gasteiger partial charge in [0.1, 0.15) is 0 Å². The van der Waals surface area contributed by atoms with Crippen LogP contribution in [0.4, 0.5) is 0 Å². The molecule has 0 rings (SSSR count). The van der Waals surface area contributed by atoms with Gasteiger partial charge in [-0.2, -0.15) is 0 Å². The third-order valence-electron chi connectivity index (χ3n) is 0.675. The molecule has 0 spiro atoms. The first-order valence-corrected chi connectivity index (χ1v) is 3.27. The number of allylic oxidation sites excluding steroid dienone is 1. The molecule has 0 radical (unpaired) electrons. The molecule has 0 heterocycles. The molecule has 0 saturated carbocycles. The van der Waals surface area contributed by atoms with E-state index in [-0.39, 0.29) is 5.78 Å². The summed E-state index contributed by atoms with van der Waals surface area (Å²) in [6, 6.07) is 0. The summed E-state index contributed by atoms with van der Waals surface area (Å²) in [5, 5.41) is 2.83. The summed E-state index contributed by atoms with van der Waals surface area (Å²) in [7, 11) is 0. The normalized spacial score (nSPS) is 10.0. The molecule has 0 aromatic heterocycles. The Bertz CT molecular complexity index is 112. The minimum atomic E-state index is 0.0390. The van der Waals surface area contributed by atoms with Crippen molar-refractivity contribution in [3.63, 3.8) is 0 Å². The van der Waals surface area contributed by atoms with Crippen LogP contribution >= 0.6 is 11.6 Å². The van der Waals surface area contributed by atoms with E-state index in [1.54, 1.807) is 6.20 Å². The van der Waals surface area contributed by atoms with Crippen molar-refractivity contribution in [2.45, 2.75) is 6.92 Å². The monoisotopic (exact) mass is 147 g/mol. The van der Waals surface area contributed by atoms with Gasteiger partial charge in [0.2, 0.25) is 0 Å². The van der Waals surface area contributed by atoms with Crippen molar-refractivity contribution >= 4 is 17.4 Å². The number of halogens is 1. The van der Waals surface area contributed by atoms with Crippen molar-refractivity contribution in [3.8, 4) is 0 Å². The Morgan fingerprint density at radius 3 is 2.89 bits per heavy atom. The molecule has 0 aliphatic rings. The standard InChI is InChI=1S/C6H10ClNO/c1-6(9)2-4-8-5-3-7/h2,4,8H,3,5H2,1H3/b4-2-. The number of alkyl halides is 1. The molecule has 0 unspecified atom stereocenters. The molecule has 0 saturated heterocycles. The van der Waals surface area contributed by atoms with E-state index in [1.807, 2.05) is 0 Å². The molecule has 0 aromatic carbocycles. The molecule has 0 bridgehead atoms. The number of hydrogen-bond donors (Lipinski definition) is 1. The number of nitrogens with one attached hydrogen (secondary N) is 1. The van der Waals surface area contributed by atoms with Crippen molar-refractivity contribution in [3.05, 3.63) is 12.3 Å². The molecular formula is C6H10ClNO. The summed E-state index contributed by atoms with van der Waals surface area (Å²) in [4.78, 5) is 10.2. The van der Waals surface area contributed by atoms with Gasteiger partial charge in [-0.25, -0.2) is 0 Å². The smallest absolute Gasteiger partial charge is 0.154 e. The summed E-state index contributed by atoms with van der Waals surface area (Å²) >= 11 is 5.34. The van der Waals surface area contributed by atoms with E-state index in [1.165, 1.54) is 13.0 Å². The minimum absolute atomic E-state index is 0.0390. The van der Waals surface area contributed by atoms with Crippen LogP contribution in [0.5, 0.6) is 0 Å². The fourth-order valence-corrected chi connectivity index (χ4v) is 0.423. The molecule has 3 heteroatoms. The predicted molar refractivity (Wildman–Crippen MR) is 38.5 cm³/mol. The highest BCUT2D eigenvalue weighted by atomic mass is 35.5. The second kappa shape index (κ2) is 5.63. The Kier molecular flexibility index (Phi) is 5.32. The largest absolute Gasteiger partial charge is 0.390 e. The lowest BCUT2D eigenvalue weighted by atomic mass is 10.4. The van der Waals surface area contributed by atoms with Crippen molar-refractivity contribution in [2.75, 3.05) is 12.4 Å². The van der Waals surface area contributed by atoms with Crippen molar-refractivity contribution in [1.82, 2.24) is 5.32 Å². The van der Waals surface area contributed by atoms with E-state index in [4.69, 9.17) is 11.6 Å². The van der Waals surface area contributed by atoms with Gasteiger partial charge in [0.05, 0.1) is 0 Å². The van der Waals surface area contributed by atoms with E-state index in [0.717, 1.165) is 0 Å². The lowest BCUT2D eigenvalue weighted by Crippen LogP contribution is -2.08. The molecule has 0 atom stereocenters. The fraction of sp³-hybridized carbons (Fsp3) is 0.500. The van der Waals surface area contributed by atoms with Gasteiger partial charge in [0, 0.05) is 12.4 Å². The van der Waals surface area contributed by atoms with Crippen LogP contribution in [-0.4, -0.2) is 18.2 Å². The van der Waals surface area contributed by atoms with Gasteiger partial charge in [0.25, 0.3) is 0 Å². The van der Waals surface area contributed by atoms with Crippen LogP contribution in [0.2, 0.25) is 0 Å². The third kappa shape index (κ3) is 7.50. The Balaban J connectivity index is 3.15. The highest BCUT2D eigenvalue weighted by Gasteiger charge is 1.79. The SMILES string of the molecule is CC(=O)/C=C\NCCCl. The molecule has 0 aromatic rings. The summed E-state index contributed by atoms with van der Waals surface area (Å²) in [5.74, 6) is 0.597. The Morgan fingerprint density at radius 1 is 1.78 bits per heavy atom. The van der Waals surface area contributed by atoms with Crippen molar-refractivity contribution in [1.29, 1.82) is 0 Å². The lowest BCUT2D eigenvalue weighted by molar-refractivity contribution is -0.112. The van der Waals surface area contributed by atoms with Gasteiger partial charge in [-0.15, -0.1) is 11.6 Å². The van der Waals surface area contributed by atoms with Crippen LogP contribution in [0.25, 0.3) is 0 Å². The third-order valence-corrected chi connectivity index (χ3v) is 0.864. The Morgan fingerprint density at radius 2 is 2.44 bits per heavy atom. The maximum atomic E-state index is 10.2. The fourth-order valence-electron chi connectivity index (χ4n) is 0.314. The van der Waals surface area contributed by atoms with Crippen molar-refractivity contribution < 1.29 is 4.79 Å². The summed E-state index contributed by atoms with van der Waals surface area (Å²) < 4.78 is 0. The molecule has 1 N–H and O–H groups in total. The molecular weight excluding hydrogens is 138 g/mol. The first-order valence-electron chi connectivity index (χ1n) is 2.74. The summed E-state index contributed by atoms with van der Waals surface area (Å²) in [6.07, 6.45) is 3.07. The van der Waals surface area contributed by atoms with Gasteiger partial charge in [0.15, 0.2) is 5.78 Å². The zero-order valence-corrected chi connectivity index (χ0v) is 6.11. The number of carbonyl (C=O) groups excluding carboxylic acids is 1. The number of hydrogen-bond acceptors (Lipinski definition) is 2. The van der Waals surface area contributed by atoms with E-state index in [0.29, 0.717) is 12.4 Å². The van der Waals surface area contributed by atoms with Crippen LogP contribution < -0.4 is 5.32 Å². The van der Waals surface area contributed by atoms with Gasteiger partial charge in [-0.3, -0.25) is 4.79 Å². The van der Waals surface area contributed by atoms with Crippen molar-refractivity contribution in [2.24, 2.45) is 0 Å². The Labute approximate surface area is 59.9 Å². The van der Waals surface area contributed by atoms with E-state index in [9.17, 15) is 4.79 Å². The molecule has 0 amide bonds. The van der Waals surface area contributed by atoms with Gasteiger partial charge in [-0.1, -0.05) is 0 Å². The summed E-state index contributed by atoms with van der Waals surface area (Å²) in [5.41, 5.74) is 0. The lowest BCUT2D eigenvalue weighted by Gasteiger charge is -1.91. The zero-order valence-electron chi connectivity index (χ0n) is 5.36. The average molecular weight is 148 g/mol. The Hall–Kier alpha value is -0.500. The topological polar surface area (TPSA) is 29.1 Å². The van der Waals surface area contributed by atoms with Crippen LogP contribution in [0.1, 0.15) is 6.92 Å². The first-order chi connectivity index (χ1) is 4.27. The highest BCUT2D eigenvalue weighted by Crippen LogP contribution is 1.72. The van der Waals surface area contributed by atoms with Crippen LogP contribution in [0.3, 0.4) is 0 Å². The molecule has 0 aliphatic carbocycles. The van der Waals surface area contributed by atoms with E-state index >= 15 is 0 Å². The molecule has 52 valence electrons. The van der Waals surface area contributed by atoms with Gasteiger partial charge in [-0.05, 0) is 19.2 Å².